The van der Waals surface area contributed by atoms with E-state index in [0.29, 0.717) is 25.9 Å². The number of para-hydroxylation sites is 1. The molecule has 7 heteroatoms. The van der Waals surface area contributed by atoms with Crippen molar-refractivity contribution in [3.8, 4) is 5.75 Å². The number of ether oxygens (including phenoxy) is 1. The molecule has 1 aliphatic heterocycles. The minimum absolute atomic E-state index is 0.0100. The van der Waals surface area contributed by atoms with E-state index >= 15 is 0 Å². The zero-order chi connectivity index (χ0) is 20.1. The Bertz CT molecular complexity index is 827. The first-order chi connectivity index (χ1) is 13.5. The Morgan fingerprint density at radius 1 is 1.07 bits per heavy atom. The summed E-state index contributed by atoms with van der Waals surface area (Å²) in [6.45, 7) is 0.875. The second-order valence-electron chi connectivity index (χ2n) is 6.77. The maximum Gasteiger partial charge on any atom is 0.227 e. The van der Waals surface area contributed by atoms with Gasteiger partial charge in [-0.2, -0.15) is 0 Å². The van der Waals surface area contributed by atoms with Crippen LogP contribution in [0.3, 0.4) is 0 Å². The predicted octanol–water partition coefficient (Wildman–Crippen LogP) is 3.39. The molecule has 2 amide bonds. The van der Waals surface area contributed by atoms with E-state index in [1.807, 2.05) is 12.1 Å². The molecule has 1 N–H and O–H groups in total. The van der Waals surface area contributed by atoms with Gasteiger partial charge in [0.25, 0.3) is 0 Å². The van der Waals surface area contributed by atoms with Crippen molar-refractivity contribution >= 4 is 17.5 Å². The Kier molecular flexibility index (Phi) is 6.23. The number of piperidine rings is 1. The number of benzene rings is 2. The lowest BCUT2D eigenvalue weighted by Crippen LogP contribution is -2.42. The van der Waals surface area contributed by atoms with Gasteiger partial charge in [-0.3, -0.25) is 9.59 Å². The number of anilines is 1. The molecule has 0 saturated carbocycles. The maximum absolute atomic E-state index is 13.7. The molecule has 2 aromatic rings. The second-order valence-corrected chi connectivity index (χ2v) is 6.77. The number of carbonyl (C=O) groups is 2. The zero-order valence-corrected chi connectivity index (χ0v) is 15.6. The Morgan fingerprint density at radius 3 is 2.25 bits per heavy atom. The number of hydrogen-bond donors (Lipinski definition) is 1. The van der Waals surface area contributed by atoms with Gasteiger partial charge in [0, 0.05) is 19.0 Å². The van der Waals surface area contributed by atoms with E-state index in [-0.39, 0.29) is 18.2 Å². The average Bonchev–Trinajstić information content (AvgIpc) is 2.71. The van der Waals surface area contributed by atoms with Crippen molar-refractivity contribution in [2.24, 2.45) is 5.92 Å². The van der Waals surface area contributed by atoms with Crippen LogP contribution in [-0.4, -0.2) is 36.9 Å². The number of likely N-dealkylation sites (tertiary alicyclic amines) is 1. The van der Waals surface area contributed by atoms with Crippen molar-refractivity contribution in [1.29, 1.82) is 0 Å². The van der Waals surface area contributed by atoms with E-state index in [2.05, 4.69) is 5.32 Å². The summed E-state index contributed by atoms with van der Waals surface area (Å²) in [4.78, 5) is 26.5. The molecule has 5 nitrogen and oxygen atoms in total. The van der Waals surface area contributed by atoms with Gasteiger partial charge in [0.1, 0.15) is 23.1 Å². The first-order valence-electron chi connectivity index (χ1n) is 9.13. The first-order valence-corrected chi connectivity index (χ1v) is 9.13. The van der Waals surface area contributed by atoms with Gasteiger partial charge in [0.2, 0.25) is 11.8 Å². The molecular weight excluding hydrogens is 366 g/mol. The van der Waals surface area contributed by atoms with Crippen LogP contribution in [0, 0.1) is 17.6 Å². The lowest BCUT2D eigenvalue weighted by Gasteiger charge is -2.31. The zero-order valence-electron chi connectivity index (χ0n) is 15.6. The third kappa shape index (κ3) is 4.65. The Labute approximate surface area is 162 Å². The summed E-state index contributed by atoms with van der Waals surface area (Å²) in [6.07, 6.45) is 1.19. The van der Waals surface area contributed by atoms with E-state index in [4.69, 9.17) is 4.74 Å². The Balaban J connectivity index is 1.52. The molecule has 2 aromatic carbocycles. The number of carbonyl (C=O) groups excluding carboxylic acids is 2. The molecular formula is C21H22F2N2O3. The van der Waals surface area contributed by atoms with Gasteiger partial charge < -0.3 is 15.0 Å². The highest BCUT2D eigenvalue weighted by atomic mass is 19.1. The maximum atomic E-state index is 13.7. The van der Waals surface area contributed by atoms with Crippen LogP contribution in [0.2, 0.25) is 0 Å². The van der Waals surface area contributed by atoms with Gasteiger partial charge in [-0.15, -0.1) is 0 Å². The molecule has 0 spiro atoms. The van der Waals surface area contributed by atoms with Crippen LogP contribution >= 0.6 is 0 Å². The Hall–Kier alpha value is -2.96. The summed E-state index contributed by atoms with van der Waals surface area (Å²) in [5.74, 6) is -1.70. The highest BCUT2D eigenvalue weighted by molar-refractivity contribution is 5.93. The number of methoxy groups -OCH3 is 1. The van der Waals surface area contributed by atoms with E-state index in [1.165, 1.54) is 6.07 Å². The fraction of sp³-hybridized carbons (Fsp3) is 0.333. The van der Waals surface area contributed by atoms with Gasteiger partial charge in [0.05, 0.1) is 13.5 Å². The second kappa shape index (κ2) is 8.82. The lowest BCUT2D eigenvalue weighted by atomic mass is 9.95. The average molecular weight is 388 g/mol. The van der Waals surface area contributed by atoms with Crippen molar-refractivity contribution in [3.63, 3.8) is 0 Å². The summed E-state index contributed by atoms with van der Waals surface area (Å²) in [5, 5.41) is 2.34. The van der Waals surface area contributed by atoms with E-state index < -0.39 is 23.2 Å². The number of hydrogen-bond acceptors (Lipinski definition) is 3. The van der Waals surface area contributed by atoms with Crippen LogP contribution in [0.25, 0.3) is 0 Å². The van der Waals surface area contributed by atoms with Crippen LogP contribution in [-0.2, 0) is 16.0 Å². The molecule has 0 atom stereocenters. The molecule has 1 aliphatic rings. The molecule has 0 radical (unpaired) electrons. The van der Waals surface area contributed by atoms with Crippen molar-refractivity contribution in [2.45, 2.75) is 19.3 Å². The van der Waals surface area contributed by atoms with Gasteiger partial charge >= 0.3 is 0 Å². The number of nitrogens with zero attached hydrogens (tertiary/aromatic N) is 1. The van der Waals surface area contributed by atoms with Crippen LogP contribution < -0.4 is 10.1 Å². The minimum atomic E-state index is -0.805. The molecule has 0 unspecified atom stereocenters. The number of amides is 2. The van der Waals surface area contributed by atoms with E-state index in [0.717, 1.165) is 23.4 Å². The molecule has 0 bridgehead atoms. The highest BCUT2D eigenvalue weighted by Gasteiger charge is 2.28. The molecule has 28 heavy (non-hydrogen) atoms. The largest absolute Gasteiger partial charge is 0.497 e. The third-order valence-electron chi connectivity index (χ3n) is 4.94. The SMILES string of the molecule is COc1ccc(CC(=O)N2CCC(C(=O)Nc3c(F)cccc3F)CC2)cc1. The molecule has 1 heterocycles. The molecule has 1 fully saturated rings. The quantitative estimate of drug-likeness (QED) is 0.854. The summed E-state index contributed by atoms with van der Waals surface area (Å²) in [5.41, 5.74) is 0.464. The molecule has 1 saturated heterocycles. The molecule has 0 aliphatic carbocycles. The van der Waals surface area contributed by atoms with Crippen LogP contribution in [0.5, 0.6) is 5.75 Å². The topological polar surface area (TPSA) is 58.6 Å². The highest BCUT2D eigenvalue weighted by Crippen LogP contribution is 2.23. The first kappa shape index (κ1) is 19.8. The molecule has 3 rings (SSSR count). The number of halogens is 2. The van der Waals surface area contributed by atoms with Gasteiger partial charge in [-0.05, 0) is 42.7 Å². The molecule has 148 valence electrons. The molecule has 0 aromatic heterocycles. The van der Waals surface area contributed by atoms with Crippen molar-refractivity contribution in [3.05, 3.63) is 59.7 Å². The fourth-order valence-corrected chi connectivity index (χ4v) is 3.26. The van der Waals surface area contributed by atoms with Gasteiger partial charge in [-0.1, -0.05) is 18.2 Å². The van der Waals surface area contributed by atoms with Crippen LogP contribution in [0.15, 0.2) is 42.5 Å². The Morgan fingerprint density at radius 2 is 1.68 bits per heavy atom. The van der Waals surface area contributed by atoms with E-state index in [9.17, 15) is 18.4 Å². The number of rotatable bonds is 5. The normalized spacial score (nSPS) is 14.6. The minimum Gasteiger partial charge on any atom is -0.497 e. The summed E-state index contributed by atoms with van der Waals surface area (Å²) >= 11 is 0. The van der Waals surface area contributed by atoms with Gasteiger partial charge in [-0.25, -0.2) is 8.78 Å². The fourth-order valence-electron chi connectivity index (χ4n) is 3.26. The van der Waals surface area contributed by atoms with Crippen molar-refractivity contribution in [1.82, 2.24) is 4.90 Å². The van der Waals surface area contributed by atoms with Crippen LogP contribution in [0.4, 0.5) is 14.5 Å². The van der Waals surface area contributed by atoms with E-state index in [1.54, 1.807) is 24.1 Å². The standard InChI is InChI=1S/C21H22F2N2O3/c1-28-16-7-5-14(6-8-16)13-19(26)25-11-9-15(10-12-25)21(27)24-20-17(22)3-2-4-18(20)23/h2-8,15H,9-13H2,1H3,(H,24,27). The smallest absolute Gasteiger partial charge is 0.227 e. The summed E-state index contributed by atoms with van der Waals surface area (Å²) in [7, 11) is 1.58. The third-order valence-corrected chi connectivity index (χ3v) is 4.94. The van der Waals surface area contributed by atoms with Gasteiger partial charge in [0.15, 0.2) is 0 Å². The summed E-state index contributed by atoms with van der Waals surface area (Å²) < 4.78 is 32.5. The monoisotopic (exact) mass is 388 g/mol. The lowest BCUT2D eigenvalue weighted by molar-refractivity contribution is -0.133. The summed E-state index contributed by atoms with van der Waals surface area (Å²) in [6, 6.07) is 10.7. The van der Waals surface area contributed by atoms with Crippen molar-refractivity contribution < 1.29 is 23.1 Å². The van der Waals surface area contributed by atoms with Crippen molar-refractivity contribution in [2.75, 3.05) is 25.5 Å². The predicted molar refractivity (Wildman–Crippen MR) is 101 cm³/mol. The van der Waals surface area contributed by atoms with Crippen LogP contribution in [0.1, 0.15) is 18.4 Å². The number of nitrogens with one attached hydrogen (secondary N) is 1.